The van der Waals surface area contributed by atoms with Crippen molar-refractivity contribution in [3.8, 4) is 0 Å². The molecule has 0 saturated heterocycles. The van der Waals surface area contributed by atoms with Gasteiger partial charge < -0.3 is 5.32 Å². The summed E-state index contributed by atoms with van der Waals surface area (Å²) in [6.07, 6.45) is 1.78. The normalized spacial score (nSPS) is 14.2. The first-order valence-electron chi connectivity index (χ1n) is 7.40. The highest BCUT2D eigenvalue weighted by Crippen LogP contribution is 2.32. The summed E-state index contributed by atoms with van der Waals surface area (Å²) in [5.74, 6) is -0.698. The number of hydrogen-bond donors (Lipinski definition) is 2. The summed E-state index contributed by atoms with van der Waals surface area (Å²) >= 11 is 1.07. The van der Waals surface area contributed by atoms with E-state index in [2.05, 4.69) is 10.0 Å². The summed E-state index contributed by atoms with van der Waals surface area (Å²) < 4.78 is 26.5. The Kier molecular flexibility index (Phi) is 4.42. The number of benzene rings is 1. The van der Waals surface area contributed by atoms with Crippen molar-refractivity contribution in [1.29, 1.82) is 0 Å². The monoisotopic (exact) mass is 364 g/mol. The second-order valence-corrected chi connectivity index (χ2v) is 8.37. The zero-order valence-electron chi connectivity index (χ0n) is 12.9. The topological polar surface area (TPSA) is 92.3 Å². The van der Waals surface area contributed by atoms with Gasteiger partial charge in [0.25, 0.3) is 15.9 Å². The van der Waals surface area contributed by atoms with Gasteiger partial charge in [0.1, 0.15) is 0 Å². The van der Waals surface area contributed by atoms with Crippen LogP contribution in [0.2, 0.25) is 0 Å². The standard InChI is InChI=1S/C16H16N2O4S2/c1-10-9-13(17-15(19)11-7-8-11)23-14(10)16(20)18-24(21,22)12-5-3-2-4-6-12/h2-6,9,11H,7-8H2,1H3,(H,17,19)(H,18,20). The van der Waals surface area contributed by atoms with Crippen molar-refractivity contribution >= 4 is 38.2 Å². The average Bonchev–Trinajstić information content (AvgIpc) is 3.32. The van der Waals surface area contributed by atoms with Crippen LogP contribution in [0.1, 0.15) is 28.1 Å². The van der Waals surface area contributed by atoms with E-state index in [1.165, 1.54) is 12.1 Å². The molecule has 1 saturated carbocycles. The minimum Gasteiger partial charge on any atom is -0.317 e. The SMILES string of the molecule is Cc1cc(NC(=O)C2CC2)sc1C(=O)NS(=O)(=O)c1ccccc1. The number of nitrogens with one attached hydrogen (secondary N) is 2. The molecule has 0 atom stereocenters. The molecule has 2 aromatic rings. The Labute approximate surface area is 143 Å². The van der Waals surface area contributed by atoms with Crippen LogP contribution in [-0.2, 0) is 14.8 Å². The van der Waals surface area contributed by atoms with E-state index in [0.29, 0.717) is 10.6 Å². The first-order chi connectivity index (χ1) is 11.4. The second kappa shape index (κ2) is 6.37. The Morgan fingerprint density at radius 3 is 2.46 bits per heavy atom. The van der Waals surface area contributed by atoms with Crippen molar-refractivity contribution in [3.05, 3.63) is 46.8 Å². The van der Waals surface area contributed by atoms with Crippen LogP contribution in [0.25, 0.3) is 0 Å². The summed E-state index contributed by atoms with van der Waals surface area (Å²) in [5.41, 5.74) is 0.617. The van der Waals surface area contributed by atoms with E-state index in [1.807, 2.05) is 0 Å². The highest BCUT2D eigenvalue weighted by Gasteiger charge is 2.30. The Morgan fingerprint density at radius 1 is 1.17 bits per heavy atom. The zero-order chi connectivity index (χ0) is 17.3. The van der Waals surface area contributed by atoms with E-state index >= 15 is 0 Å². The zero-order valence-corrected chi connectivity index (χ0v) is 14.5. The number of anilines is 1. The van der Waals surface area contributed by atoms with Gasteiger partial charge in [0, 0.05) is 5.92 Å². The first-order valence-corrected chi connectivity index (χ1v) is 9.70. The van der Waals surface area contributed by atoms with E-state index < -0.39 is 15.9 Å². The number of rotatable bonds is 5. The van der Waals surface area contributed by atoms with Gasteiger partial charge in [-0.1, -0.05) is 18.2 Å². The number of hydrogen-bond acceptors (Lipinski definition) is 5. The lowest BCUT2D eigenvalue weighted by molar-refractivity contribution is -0.117. The number of aryl methyl sites for hydroxylation is 1. The molecule has 8 heteroatoms. The van der Waals surface area contributed by atoms with Gasteiger partial charge in [-0.2, -0.15) is 0 Å². The van der Waals surface area contributed by atoms with Crippen molar-refractivity contribution in [3.63, 3.8) is 0 Å². The molecule has 1 heterocycles. The lowest BCUT2D eigenvalue weighted by Gasteiger charge is -2.06. The molecular formula is C16H16N2O4S2. The van der Waals surface area contributed by atoms with Crippen molar-refractivity contribution in [1.82, 2.24) is 4.72 Å². The minimum absolute atomic E-state index is 0.0230. The summed E-state index contributed by atoms with van der Waals surface area (Å²) in [6.45, 7) is 1.70. The van der Waals surface area contributed by atoms with Gasteiger partial charge in [-0.15, -0.1) is 11.3 Å². The van der Waals surface area contributed by atoms with Gasteiger partial charge in [0.2, 0.25) is 5.91 Å². The molecule has 0 unspecified atom stereocenters. The number of carbonyl (C=O) groups excluding carboxylic acids is 2. The molecule has 1 aromatic heterocycles. The molecule has 6 nitrogen and oxygen atoms in total. The fourth-order valence-corrected chi connectivity index (χ4v) is 4.18. The fraction of sp³-hybridized carbons (Fsp3) is 0.250. The Balaban J connectivity index is 1.75. The van der Waals surface area contributed by atoms with Crippen molar-refractivity contribution in [2.45, 2.75) is 24.7 Å². The predicted molar refractivity (Wildman–Crippen MR) is 91.5 cm³/mol. The minimum atomic E-state index is -3.92. The number of thiophene rings is 1. The molecule has 2 amide bonds. The predicted octanol–water partition coefficient (Wildman–Crippen LogP) is 2.52. The summed E-state index contributed by atoms with van der Waals surface area (Å²) in [7, 11) is -3.92. The average molecular weight is 364 g/mol. The third-order valence-corrected chi connectivity index (χ3v) is 6.10. The molecule has 0 aliphatic heterocycles. The number of amides is 2. The van der Waals surface area contributed by atoms with E-state index in [-0.39, 0.29) is 21.6 Å². The first kappa shape index (κ1) is 16.7. The Morgan fingerprint density at radius 2 is 1.83 bits per heavy atom. The maximum absolute atomic E-state index is 12.3. The third kappa shape index (κ3) is 3.65. The highest BCUT2D eigenvalue weighted by molar-refractivity contribution is 7.90. The van der Waals surface area contributed by atoms with E-state index in [9.17, 15) is 18.0 Å². The van der Waals surface area contributed by atoms with Crippen LogP contribution in [0.5, 0.6) is 0 Å². The Hall–Kier alpha value is -2.19. The van der Waals surface area contributed by atoms with Gasteiger partial charge >= 0.3 is 0 Å². The van der Waals surface area contributed by atoms with Crippen LogP contribution in [0.15, 0.2) is 41.3 Å². The lowest BCUT2D eigenvalue weighted by atomic mass is 10.3. The van der Waals surface area contributed by atoms with Gasteiger partial charge in [-0.25, -0.2) is 13.1 Å². The van der Waals surface area contributed by atoms with Crippen molar-refractivity contribution in [2.24, 2.45) is 5.92 Å². The van der Waals surface area contributed by atoms with Crippen LogP contribution in [0, 0.1) is 12.8 Å². The molecule has 1 aromatic carbocycles. The lowest BCUT2D eigenvalue weighted by Crippen LogP contribution is -2.30. The molecule has 1 aliphatic carbocycles. The summed E-state index contributed by atoms with van der Waals surface area (Å²) in [4.78, 5) is 24.4. The van der Waals surface area contributed by atoms with Crippen LogP contribution in [0.4, 0.5) is 5.00 Å². The van der Waals surface area contributed by atoms with Crippen LogP contribution < -0.4 is 10.0 Å². The number of carbonyl (C=O) groups is 2. The molecule has 0 radical (unpaired) electrons. The molecular weight excluding hydrogens is 348 g/mol. The molecule has 0 spiro atoms. The molecule has 126 valence electrons. The van der Waals surface area contributed by atoms with Crippen molar-refractivity contribution < 1.29 is 18.0 Å². The Bertz CT molecular complexity index is 884. The van der Waals surface area contributed by atoms with E-state index in [4.69, 9.17) is 0 Å². The van der Waals surface area contributed by atoms with Gasteiger partial charge in [0.15, 0.2) is 0 Å². The van der Waals surface area contributed by atoms with Gasteiger partial charge in [-0.3, -0.25) is 9.59 Å². The summed E-state index contributed by atoms with van der Waals surface area (Å²) in [6, 6.07) is 9.37. The summed E-state index contributed by atoms with van der Waals surface area (Å²) in [5, 5.41) is 3.31. The van der Waals surface area contributed by atoms with E-state index in [1.54, 1.807) is 31.2 Å². The number of sulfonamides is 1. The van der Waals surface area contributed by atoms with Crippen LogP contribution >= 0.6 is 11.3 Å². The molecule has 1 fully saturated rings. The second-order valence-electron chi connectivity index (χ2n) is 5.63. The fourth-order valence-electron chi connectivity index (χ4n) is 2.17. The van der Waals surface area contributed by atoms with Crippen LogP contribution in [0.3, 0.4) is 0 Å². The highest BCUT2D eigenvalue weighted by atomic mass is 32.2. The van der Waals surface area contributed by atoms with E-state index in [0.717, 1.165) is 24.2 Å². The third-order valence-electron chi connectivity index (χ3n) is 3.60. The molecule has 24 heavy (non-hydrogen) atoms. The molecule has 1 aliphatic rings. The van der Waals surface area contributed by atoms with Gasteiger partial charge in [0.05, 0.1) is 14.8 Å². The molecule has 0 bridgehead atoms. The smallest absolute Gasteiger partial charge is 0.275 e. The maximum Gasteiger partial charge on any atom is 0.275 e. The largest absolute Gasteiger partial charge is 0.317 e. The van der Waals surface area contributed by atoms with Crippen molar-refractivity contribution in [2.75, 3.05) is 5.32 Å². The maximum atomic E-state index is 12.3. The quantitative estimate of drug-likeness (QED) is 0.853. The molecule has 2 N–H and O–H groups in total. The molecule has 3 rings (SSSR count). The van der Waals surface area contributed by atoms with Crippen LogP contribution in [-0.4, -0.2) is 20.2 Å². The van der Waals surface area contributed by atoms with Gasteiger partial charge in [-0.05, 0) is 43.5 Å².